The lowest BCUT2D eigenvalue weighted by Crippen LogP contribution is -2.45. The number of benzene rings is 1. The van der Waals surface area contributed by atoms with Crippen molar-refractivity contribution in [3.8, 4) is 0 Å². The molecule has 0 bridgehead atoms. The van der Waals surface area contributed by atoms with Crippen LogP contribution in [0, 0.1) is 0 Å². The lowest BCUT2D eigenvalue weighted by molar-refractivity contribution is -0.140. The van der Waals surface area contributed by atoms with E-state index >= 15 is 0 Å². The number of hydrogen-bond donors (Lipinski definition) is 4. The third-order valence-electron chi connectivity index (χ3n) is 2.60. The average molecular weight is 279 g/mol. The van der Waals surface area contributed by atoms with Crippen LogP contribution in [0.25, 0.3) is 0 Å². The molecule has 0 fully saturated rings. The molecule has 0 aromatic heterocycles. The van der Waals surface area contributed by atoms with Crippen molar-refractivity contribution in [3.63, 3.8) is 0 Å². The molecule has 1 aromatic rings. The van der Waals surface area contributed by atoms with E-state index in [1.54, 1.807) is 18.2 Å². The van der Waals surface area contributed by atoms with Crippen LogP contribution < -0.4 is 16.4 Å². The minimum Gasteiger partial charge on any atom is -0.480 e. The van der Waals surface area contributed by atoms with Gasteiger partial charge in [-0.25, -0.2) is 9.59 Å². The van der Waals surface area contributed by atoms with Gasteiger partial charge in [-0.05, 0) is 24.1 Å². The summed E-state index contributed by atoms with van der Waals surface area (Å²) in [6.45, 7) is 1.98. The Kier molecular flexibility index (Phi) is 5.52. The summed E-state index contributed by atoms with van der Waals surface area (Å²) in [6.07, 6.45) is 0.355. The lowest BCUT2D eigenvalue weighted by Gasteiger charge is -2.14. The molecule has 0 aliphatic heterocycles. The summed E-state index contributed by atoms with van der Waals surface area (Å²) < 4.78 is 0. The molecule has 0 spiro atoms. The second-order valence-electron chi connectivity index (χ2n) is 4.21. The summed E-state index contributed by atoms with van der Waals surface area (Å²) in [5.41, 5.74) is 6.51. The summed E-state index contributed by atoms with van der Waals surface area (Å²) in [7, 11) is 0. The molecular formula is C13H17N3O4. The maximum Gasteiger partial charge on any atom is 0.326 e. The normalized spacial score (nSPS) is 11.4. The van der Waals surface area contributed by atoms with E-state index in [0.717, 1.165) is 12.0 Å². The second kappa shape index (κ2) is 7.13. The van der Waals surface area contributed by atoms with Crippen molar-refractivity contribution in [1.82, 2.24) is 5.32 Å². The Morgan fingerprint density at radius 3 is 2.60 bits per heavy atom. The molecular weight excluding hydrogens is 262 g/mol. The van der Waals surface area contributed by atoms with Crippen LogP contribution >= 0.6 is 0 Å². The molecule has 7 nitrogen and oxygen atoms in total. The van der Waals surface area contributed by atoms with Crippen LogP contribution in [0.5, 0.6) is 0 Å². The van der Waals surface area contributed by atoms with Crippen molar-refractivity contribution < 1.29 is 19.5 Å². The van der Waals surface area contributed by atoms with Crippen LogP contribution in [0.3, 0.4) is 0 Å². The standard InChI is InChI=1S/C13H17N3O4/c1-2-8-4-3-5-9(6-8)15-13(20)16-10(12(18)19)7-11(14)17/h3-6,10H,2,7H2,1H3,(H2,14,17)(H,18,19)(H2,15,16,20). The number of amides is 3. The zero-order chi connectivity index (χ0) is 15.1. The Hall–Kier alpha value is -2.57. The maximum atomic E-state index is 11.7. The molecule has 0 saturated heterocycles. The number of aryl methyl sites for hydroxylation is 1. The molecule has 1 atom stereocenters. The van der Waals surface area contributed by atoms with E-state index in [1.807, 2.05) is 13.0 Å². The molecule has 5 N–H and O–H groups in total. The van der Waals surface area contributed by atoms with Crippen LogP contribution in [0.2, 0.25) is 0 Å². The van der Waals surface area contributed by atoms with Gasteiger partial charge in [0, 0.05) is 5.69 Å². The Morgan fingerprint density at radius 1 is 1.35 bits per heavy atom. The molecule has 0 aliphatic carbocycles. The molecule has 3 amide bonds. The number of aliphatic carboxylic acids is 1. The van der Waals surface area contributed by atoms with Gasteiger partial charge in [0.1, 0.15) is 6.04 Å². The molecule has 0 aliphatic rings. The first-order chi connectivity index (χ1) is 9.42. The number of rotatable bonds is 6. The highest BCUT2D eigenvalue weighted by Crippen LogP contribution is 2.10. The Balaban J connectivity index is 2.65. The summed E-state index contributed by atoms with van der Waals surface area (Å²) >= 11 is 0. The Morgan fingerprint density at radius 2 is 2.05 bits per heavy atom. The number of hydrogen-bond acceptors (Lipinski definition) is 3. The molecule has 0 radical (unpaired) electrons. The summed E-state index contributed by atoms with van der Waals surface area (Å²) in [5.74, 6) is -2.12. The molecule has 1 unspecified atom stereocenters. The van der Waals surface area contributed by atoms with E-state index in [4.69, 9.17) is 10.8 Å². The molecule has 1 rings (SSSR count). The van der Waals surface area contributed by atoms with Gasteiger partial charge < -0.3 is 21.5 Å². The van der Waals surface area contributed by atoms with Crippen molar-refractivity contribution >= 4 is 23.6 Å². The number of anilines is 1. The van der Waals surface area contributed by atoms with E-state index in [-0.39, 0.29) is 0 Å². The number of nitrogens with one attached hydrogen (secondary N) is 2. The smallest absolute Gasteiger partial charge is 0.326 e. The van der Waals surface area contributed by atoms with Gasteiger partial charge in [0.15, 0.2) is 0 Å². The van der Waals surface area contributed by atoms with Gasteiger partial charge in [-0.15, -0.1) is 0 Å². The zero-order valence-electron chi connectivity index (χ0n) is 11.1. The lowest BCUT2D eigenvalue weighted by atomic mass is 10.1. The summed E-state index contributed by atoms with van der Waals surface area (Å²) in [5, 5.41) is 13.6. The number of carboxylic acid groups (broad SMARTS) is 1. The van der Waals surface area contributed by atoms with Gasteiger partial charge in [-0.1, -0.05) is 19.1 Å². The van der Waals surface area contributed by atoms with E-state index < -0.39 is 30.4 Å². The topological polar surface area (TPSA) is 122 Å². The molecule has 20 heavy (non-hydrogen) atoms. The van der Waals surface area contributed by atoms with E-state index in [0.29, 0.717) is 5.69 Å². The van der Waals surface area contributed by atoms with E-state index in [9.17, 15) is 14.4 Å². The largest absolute Gasteiger partial charge is 0.480 e. The van der Waals surface area contributed by atoms with Crippen LogP contribution in [0.4, 0.5) is 10.5 Å². The van der Waals surface area contributed by atoms with Crippen molar-refractivity contribution in [1.29, 1.82) is 0 Å². The highest BCUT2D eigenvalue weighted by atomic mass is 16.4. The minimum absolute atomic E-state index is 0.461. The van der Waals surface area contributed by atoms with Crippen LogP contribution in [-0.2, 0) is 16.0 Å². The maximum absolute atomic E-state index is 11.7. The van der Waals surface area contributed by atoms with Crippen molar-refractivity contribution in [2.24, 2.45) is 5.73 Å². The molecule has 1 aromatic carbocycles. The summed E-state index contributed by atoms with van der Waals surface area (Å²) in [6, 6.07) is 5.11. The van der Waals surface area contributed by atoms with Crippen molar-refractivity contribution in [2.45, 2.75) is 25.8 Å². The predicted octanol–water partition coefficient (Wildman–Crippen LogP) is 0.699. The number of carbonyl (C=O) groups excluding carboxylic acids is 2. The minimum atomic E-state index is -1.35. The Labute approximate surface area is 116 Å². The van der Waals surface area contributed by atoms with E-state index in [1.165, 1.54) is 0 Å². The first-order valence-electron chi connectivity index (χ1n) is 6.10. The molecule has 108 valence electrons. The quantitative estimate of drug-likeness (QED) is 0.612. The fourth-order valence-electron chi connectivity index (χ4n) is 1.60. The van der Waals surface area contributed by atoms with Gasteiger partial charge in [-0.3, -0.25) is 4.79 Å². The van der Waals surface area contributed by atoms with Gasteiger partial charge in [0.25, 0.3) is 0 Å². The van der Waals surface area contributed by atoms with Gasteiger partial charge >= 0.3 is 12.0 Å². The number of primary amides is 1. The van der Waals surface area contributed by atoms with Gasteiger partial charge in [0.2, 0.25) is 5.91 Å². The van der Waals surface area contributed by atoms with Crippen LogP contribution in [-0.4, -0.2) is 29.1 Å². The summed E-state index contributed by atoms with van der Waals surface area (Å²) in [4.78, 5) is 33.3. The fraction of sp³-hybridized carbons (Fsp3) is 0.308. The first kappa shape index (κ1) is 15.5. The van der Waals surface area contributed by atoms with Crippen molar-refractivity contribution in [2.75, 3.05) is 5.32 Å². The highest BCUT2D eigenvalue weighted by molar-refractivity contribution is 5.93. The second-order valence-corrected chi connectivity index (χ2v) is 4.21. The predicted molar refractivity (Wildman–Crippen MR) is 73.2 cm³/mol. The number of urea groups is 1. The average Bonchev–Trinajstić information content (AvgIpc) is 2.37. The zero-order valence-corrected chi connectivity index (χ0v) is 11.1. The SMILES string of the molecule is CCc1cccc(NC(=O)NC(CC(N)=O)C(=O)O)c1. The number of carboxylic acids is 1. The molecule has 0 heterocycles. The third kappa shape index (κ3) is 4.97. The van der Waals surface area contributed by atoms with Gasteiger partial charge in [-0.2, -0.15) is 0 Å². The van der Waals surface area contributed by atoms with Crippen LogP contribution in [0.1, 0.15) is 18.9 Å². The third-order valence-corrected chi connectivity index (χ3v) is 2.60. The molecule has 7 heteroatoms. The highest BCUT2D eigenvalue weighted by Gasteiger charge is 2.22. The molecule has 0 saturated carbocycles. The fourth-order valence-corrected chi connectivity index (χ4v) is 1.60. The van der Waals surface area contributed by atoms with E-state index in [2.05, 4.69) is 10.6 Å². The number of nitrogens with two attached hydrogens (primary N) is 1. The Bertz CT molecular complexity index is 516. The first-order valence-corrected chi connectivity index (χ1v) is 6.10. The van der Waals surface area contributed by atoms with Crippen molar-refractivity contribution in [3.05, 3.63) is 29.8 Å². The monoisotopic (exact) mass is 279 g/mol. The van der Waals surface area contributed by atoms with Gasteiger partial charge in [0.05, 0.1) is 6.42 Å². The number of carbonyl (C=O) groups is 3. The van der Waals surface area contributed by atoms with Crippen LogP contribution in [0.15, 0.2) is 24.3 Å².